The third-order valence-corrected chi connectivity index (χ3v) is 5.24. The molecule has 1 aromatic rings. The van der Waals surface area contributed by atoms with Crippen LogP contribution in [0.5, 0.6) is 0 Å². The minimum Gasteiger partial charge on any atom is -0.369 e. The van der Waals surface area contributed by atoms with Gasteiger partial charge >= 0.3 is 0 Å². The number of nitrogens with zero attached hydrogens (tertiary/aromatic N) is 1. The van der Waals surface area contributed by atoms with Gasteiger partial charge in [-0.1, -0.05) is 40.9 Å². The lowest BCUT2D eigenvalue weighted by Crippen LogP contribution is -2.37. The summed E-state index contributed by atoms with van der Waals surface area (Å²) in [5.74, 6) is -0.109. The second-order valence-corrected chi connectivity index (χ2v) is 5.87. The summed E-state index contributed by atoms with van der Waals surface area (Å²) in [6.07, 6.45) is 5.12. The summed E-state index contributed by atoms with van der Waals surface area (Å²) in [7, 11) is 0. The first-order valence-corrected chi connectivity index (χ1v) is 7.88. The largest absolute Gasteiger partial charge is 0.369 e. The summed E-state index contributed by atoms with van der Waals surface area (Å²) in [5.41, 5.74) is 1.07. The highest BCUT2D eigenvalue weighted by molar-refractivity contribution is 9.09. The van der Waals surface area contributed by atoms with Gasteiger partial charge in [0.15, 0.2) is 0 Å². The number of rotatable bonds is 5. The van der Waals surface area contributed by atoms with E-state index in [9.17, 15) is 4.39 Å². The first-order chi connectivity index (χ1) is 8.71. The first kappa shape index (κ1) is 13.9. The highest BCUT2D eigenvalue weighted by Gasteiger charge is 2.34. The standard InChI is InChI=1S/C15H21BrFN/c1-2-18(14-8-4-3-7-13(14)17)12-15(11-16)9-5-6-10-15/h3-4,7-8H,2,5-6,9-12H2,1H3. The van der Waals surface area contributed by atoms with E-state index < -0.39 is 0 Å². The van der Waals surface area contributed by atoms with E-state index in [2.05, 4.69) is 27.8 Å². The normalized spacial score (nSPS) is 17.9. The van der Waals surface area contributed by atoms with Gasteiger partial charge in [-0.25, -0.2) is 4.39 Å². The molecule has 0 unspecified atom stereocenters. The zero-order chi connectivity index (χ0) is 13.0. The van der Waals surface area contributed by atoms with Crippen LogP contribution in [0.1, 0.15) is 32.6 Å². The van der Waals surface area contributed by atoms with Crippen molar-refractivity contribution in [1.29, 1.82) is 0 Å². The molecule has 1 aromatic carbocycles. The molecule has 1 aliphatic carbocycles. The fourth-order valence-corrected chi connectivity index (χ4v) is 3.68. The van der Waals surface area contributed by atoms with E-state index >= 15 is 0 Å². The highest BCUT2D eigenvalue weighted by atomic mass is 79.9. The number of halogens is 2. The van der Waals surface area contributed by atoms with Crippen LogP contribution in [0.3, 0.4) is 0 Å². The Morgan fingerprint density at radius 1 is 1.28 bits per heavy atom. The van der Waals surface area contributed by atoms with Crippen molar-refractivity contribution >= 4 is 21.6 Å². The van der Waals surface area contributed by atoms with Crippen LogP contribution in [0.2, 0.25) is 0 Å². The summed E-state index contributed by atoms with van der Waals surface area (Å²) in [4.78, 5) is 2.18. The Kier molecular flexibility index (Phi) is 4.66. The number of hydrogen-bond donors (Lipinski definition) is 0. The lowest BCUT2D eigenvalue weighted by atomic mass is 9.88. The second kappa shape index (κ2) is 6.05. The van der Waals surface area contributed by atoms with Gasteiger partial charge in [0.05, 0.1) is 5.69 Å². The van der Waals surface area contributed by atoms with E-state index in [-0.39, 0.29) is 5.82 Å². The van der Waals surface area contributed by atoms with Gasteiger partial charge < -0.3 is 4.90 Å². The van der Waals surface area contributed by atoms with Crippen LogP contribution in [0.25, 0.3) is 0 Å². The van der Waals surface area contributed by atoms with Crippen molar-refractivity contribution in [2.45, 2.75) is 32.6 Å². The van der Waals surface area contributed by atoms with Gasteiger partial charge in [-0.3, -0.25) is 0 Å². The predicted octanol–water partition coefficient (Wildman–Crippen LogP) is 4.61. The molecule has 1 saturated carbocycles. The van der Waals surface area contributed by atoms with Crippen molar-refractivity contribution in [2.75, 3.05) is 23.3 Å². The Morgan fingerprint density at radius 3 is 2.50 bits per heavy atom. The SMILES string of the molecule is CCN(CC1(CBr)CCCC1)c1ccccc1F. The zero-order valence-corrected chi connectivity index (χ0v) is 12.5. The van der Waals surface area contributed by atoms with E-state index in [1.807, 2.05) is 12.1 Å². The lowest BCUT2D eigenvalue weighted by Gasteiger charge is -2.35. The molecular weight excluding hydrogens is 293 g/mol. The topological polar surface area (TPSA) is 3.24 Å². The summed E-state index contributed by atoms with van der Waals surface area (Å²) >= 11 is 3.66. The third-order valence-electron chi connectivity index (χ3n) is 4.05. The summed E-state index contributed by atoms with van der Waals surface area (Å²) in [5, 5.41) is 1.02. The Morgan fingerprint density at radius 2 is 1.94 bits per heavy atom. The molecule has 0 spiro atoms. The number of alkyl halides is 1. The monoisotopic (exact) mass is 313 g/mol. The molecule has 1 fully saturated rings. The number of anilines is 1. The number of para-hydroxylation sites is 1. The van der Waals surface area contributed by atoms with Crippen LogP contribution in [-0.2, 0) is 0 Å². The smallest absolute Gasteiger partial charge is 0.146 e. The quantitative estimate of drug-likeness (QED) is 0.718. The highest BCUT2D eigenvalue weighted by Crippen LogP contribution is 2.41. The number of benzene rings is 1. The molecule has 1 aliphatic rings. The Bertz CT molecular complexity index is 388. The van der Waals surface area contributed by atoms with E-state index in [4.69, 9.17) is 0 Å². The molecule has 0 heterocycles. The Labute approximate surface area is 118 Å². The third kappa shape index (κ3) is 2.87. The van der Waals surface area contributed by atoms with Gasteiger partial charge in [0.1, 0.15) is 5.82 Å². The van der Waals surface area contributed by atoms with Gasteiger partial charge in [-0.15, -0.1) is 0 Å². The number of hydrogen-bond acceptors (Lipinski definition) is 1. The zero-order valence-electron chi connectivity index (χ0n) is 11.0. The van der Waals surface area contributed by atoms with Crippen molar-refractivity contribution < 1.29 is 4.39 Å². The van der Waals surface area contributed by atoms with Crippen molar-refractivity contribution in [3.05, 3.63) is 30.1 Å². The van der Waals surface area contributed by atoms with Crippen molar-refractivity contribution in [2.24, 2.45) is 5.41 Å². The van der Waals surface area contributed by atoms with Gasteiger partial charge in [-0.2, -0.15) is 0 Å². The van der Waals surface area contributed by atoms with Crippen LogP contribution in [0, 0.1) is 11.2 Å². The predicted molar refractivity (Wildman–Crippen MR) is 79.0 cm³/mol. The second-order valence-electron chi connectivity index (χ2n) is 5.31. The molecule has 0 N–H and O–H groups in total. The maximum Gasteiger partial charge on any atom is 0.146 e. The van der Waals surface area contributed by atoms with Gasteiger partial charge in [0, 0.05) is 18.4 Å². The average molecular weight is 314 g/mol. The molecule has 0 atom stereocenters. The van der Waals surface area contributed by atoms with Crippen LogP contribution in [-0.4, -0.2) is 18.4 Å². The Balaban J connectivity index is 2.17. The summed E-state index contributed by atoms with van der Waals surface area (Å²) in [6.45, 7) is 3.91. The fraction of sp³-hybridized carbons (Fsp3) is 0.600. The summed E-state index contributed by atoms with van der Waals surface area (Å²) in [6, 6.07) is 7.10. The molecule has 0 radical (unpaired) electrons. The van der Waals surface area contributed by atoms with E-state index in [1.165, 1.54) is 25.7 Å². The van der Waals surface area contributed by atoms with Crippen molar-refractivity contribution in [3.8, 4) is 0 Å². The fourth-order valence-electron chi connectivity index (χ4n) is 2.94. The molecule has 0 aliphatic heterocycles. The molecule has 18 heavy (non-hydrogen) atoms. The van der Waals surface area contributed by atoms with Gasteiger partial charge in [0.2, 0.25) is 0 Å². The molecule has 0 aromatic heterocycles. The van der Waals surface area contributed by atoms with Crippen LogP contribution in [0.4, 0.5) is 10.1 Å². The summed E-state index contributed by atoms with van der Waals surface area (Å²) < 4.78 is 13.9. The average Bonchev–Trinajstić information content (AvgIpc) is 2.86. The lowest BCUT2D eigenvalue weighted by molar-refractivity contribution is 0.350. The molecule has 0 amide bonds. The van der Waals surface area contributed by atoms with Crippen LogP contribution < -0.4 is 4.90 Å². The molecular formula is C15H21BrFN. The van der Waals surface area contributed by atoms with Crippen molar-refractivity contribution in [1.82, 2.24) is 0 Å². The van der Waals surface area contributed by atoms with Crippen LogP contribution >= 0.6 is 15.9 Å². The Hall–Kier alpha value is -0.570. The van der Waals surface area contributed by atoms with E-state index in [0.717, 1.165) is 24.1 Å². The van der Waals surface area contributed by atoms with Crippen molar-refractivity contribution in [3.63, 3.8) is 0 Å². The van der Waals surface area contributed by atoms with Crippen LogP contribution in [0.15, 0.2) is 24.3 Å². The van der Waals surface area contributed by atoms with Gasteiger partial charge in [0.25, 0.3) is 0 Å². The minimum atomic E-state index is -0.109. The molecule has 0 saturated heterocycles. The van der Waals surface area contributed by atoms with Gasteiger partial charge in [-0.05, 0) is 37.3 Å². The first-order valence-electron chi connectivity index (χ1n) is 6.76. The minimum absolute atomic E-state index is 0.109. The maximum atomic E-state index is 13.9. The van der Waals surface area contributed by atoms with E-state index in [0.29, 0.717) is 5.41 Å². The molecule has 0 bridgehead atoms. The molecule has 2 rings (SSSR count). The molecule has 1 nitrogen and oxygen atoms in total. The van der Waals surface area contributed by atoms with E-state index in [1.54, 1.807) is 12.1 Å². The maximum absolute atomic E-state index is 13.9. The molecule has 3 heteroatoms. The molecule has 100 valence electrons.